The summed E-state index contributed by atoms with van der Waals surface area (Å²) in [6.07, 6.45) is 3.02. The molecule has 0 saturated heterocycles. The lowest BCUT2D eigenvalue weighted by molar-refractivity contribution is -0.115. The Kier molecular flexibility index (Phi) is 2.84. The first-order valence-electron chi connectivity index (χ1n) is 2.54. The molecule has 0 aromatic heterocycles. The van der Waals surface area contributed by atoms with Crippen molar-refractivity contribution in [3.05, 3.63) is 0 Å². The molecular formula is C5H11NO2S. The largest absolute Gasteiger partial charge is 0.298 e. The third kappa shape index (κ3) is 7.62. The Labute approximate surface area is 55.6 Å². The fourth-order valence-electron chi connectivity index (χ4n) is 0.246. The van der Waals surface area contributed by atoms with Crippen LogP contribution in [0, 0.1) is 0 Å². The second kappa shape index (κ2) is 2.96. The molecule has 0 fully saturated rings. The van der Waals surface area contributed by atoms with Gasteiger partial charge in [-0.3, -0.25) is 9.00 Å². The highest BCUT2D eigenvalue weighted by atomic mass is 32.2. The molecule has 0 aromatic carbocycles. The minimum absolute atomic E-state index is 0.0496. The molecule has 0 rings (SSSR count). The average Bonchev–Trinajstić information content (AvgIpc) is 1.59. The number of ketones is 1. The predicted octanol–water partition coefficient (Wildman–Crippen LogP) is 0.303. The van der Waals surface area contributed by atoms with Crippen LogP contribution in [0.25, 0.3) is 0 Å². The molecular weight excluding hydrogens is 138 g/mol. The van der Waals surface area contributed by atoms with E-state index in [0.29, 0.717) is 0 Å². The maximum atomic E-state index is 10.8. The van der Waals surface area contributed by atoms with Crippen molar-refractivity contribution in [3.8, 4) is 0 Å². The zero-order valence-electron chi connectivity index (χ0n) is 5.88. The molecule has 0 bridgehead atoms. The summed E-state index contributed by atoms with van der Waals surface area (Å²) in [5.74, 6) is -0.0496. The first-order chi connectivity index (χ1) is 3.92. The van der Waals surface area contributed by atoms with Crippen molar-refractivity contribution in [2.75, 3.05) is 19.1 Å². The SMILES string of the molecule is CC(=O)CN=S(C)(C)=O. The minimum Gasteiger partial charge on any atom is -0.298 e. The quantitative estimate of drug-likeness (QED) is 0.567. The summed E-state index contributed by atoms with van der Waals surface area (Å²) in [5.41, 5.74) is 0. The van der Waals surface area contributed by atoms with E-state index in [0.717, 1.165) is 0 Å². The van der Waals surface area contributed by atoms with Gasteiger partial charge in [-0.2, -0.15) is 0 Å². The smallest absolute Gasteiger partial charge is 0.151 e. The summed E-state index contributed by atoms with van der Waals surface area (Å²) >= 11 is 0. The summed E-state index contributed by atoms with van der Waals surface area (Å²) in [4.78, 5) is 10.3. The van der Waals surface area contributed by atoms with Crippen LogP contribution in [0.2, 0.25) is 0 Å². The van der Waals surface area contributed by atoms with Crippen LogP contribution in [-0.2, 0) is 14.5 Å². The molecule has 3 nitrogen and oxygen atoms in total. The van der Waals surface area contributed by atoms with Gasteiger partial charge >= 0.3 is 0 Å². The van der Waals surface area contributed by atoms with Crippen molar-refractivity contribution in [2.24, 2.45) is 4.36 Å². The molecule has 0 aromatic rings. The molecule has 0 amide bonds. The third-order valence-electron chi connectivity index (χ3n) is 0.598. The van der Waals surface area contributed by atoms with Gasteiger partial charge in [0.25, 0.3) is 0 Å². The number of carbonyl (C=O) groups is 1. The van der Waals surface area contributed by atoms with Crippen LogP contribution in [0.3, 0.4) is 0 Å². The van der Waals surface area contributed by atoms with E-state index < -0.39 is 9.73 Å². The summed E-state index contributed by atoms with van der Waals surface area (Å²) in [7, 11) is -2.07. The second-order valence-corrected chi connectivity index (χ2v) is 4.79. The van der Waals surface area contributed by atoms with Crippen molar-refractivity contribution >= 4 is 15.5 Å². The third-order valence-corrected chi connectivity index (χ3v) is 1.35. The van der Waals surface area contributed by atoms with Crippen LogP contribution >= 0.6 is 0 Å². The van der Waals surface area contributed by atoms with Gasteiger partial charge in [0.05, 0.1) is 0 Å². The monoisotopic (exact) mass is 149 g/mol. The Bertz CT molecular complexity index is 205. The molecule has 0 radical (unpaired) electrons. The van der Waals surface area contributed by atoms with Crippen LogP contribution in [0.5, 0.6) is 0 Å². The highest BCUT2D eigenvalue weighted by molar-refractivity contribution is 7.92. The molecule has 0 atom stereocenters. The Morgan fingerprint density at radius 2 is 2.00 bits per heavy atom. The molecule has 0 aliphatic heterocycles. The van der Waals surface area contributed by atoms with Crippen molar-refractivity contribution in [1.29, 1.82) is 0 Å². The van der Waals surface area contributed by atoms with Gasteiger partial charge in [0, 0.05) is 22.2 Å². The van der Waals surface area contributed by atoms with Gasteiger partial charge in [0.1, 0.15) is 6.54 Å². The molecule has 0 aliphatic rings. The molecule has 0 saturated carbocycles. The maximum absolute atomic E-state index is 10.8. The zero-order chi connectivity index (χ0) is 7.49. The second-order valence-electron chi connectivity index (χ2n) is 2.17. The highest BCUT2D eigenvalue weighted by Crippen LogP contribution is 1.83. The van der Waals surface area contributed by atoms with E-state index >= 15 is 0 Å². The summed E-state index contributed by atoms with van der Waals surface area (Å²) in [6, 6.07) is 0. The van der Waals surface area contributed by atoms with E-state index in [1.807, 2.05) is 0 Å². The van der Waals surface area contributed by atoms with Crippen LogP contribution in [-0.4, -0.2) is 29.0 Å². The maximum Gasteiger partial charge on any atom is 0.151 e. The van der Waals surface area contributed by atoms with Crippen molar-refractivity contribution < 1.29 is 9.00 Å². The first-order valence-corrected chi connectivity index (χ1v) is 4.87. The molecule has 0 spiro atoms. The van der Waals surface area contributed by atoms with Gasteiger partial charge in [-0.1, -0.05) is 0 Å². The number of carbonyl (C=O) groups excluding carboxylic acids is 1. The molecule has 54 valence electrons. The Morgan fingerprint density at radius 1 is 1.56 bits per heavy atom. The fraction of sp³-hybridized carbons (Fsp3) is 0.800. The lowest BCUT2D eigenvalue weighted by Gasteiger charge is -1.90. The van der Waals surface area contributed by atoms with Crippen molar-refractivity contribution in [3.63, 3.8) is 0 Å². The van der Waals surface area contributed by atoms with Crippen LogP contribution in [0.15, 0.2) is 4.36 Å². The molecule has 0 heterocycles. The number of nitrogens with zero attached hydrogens (tertiary/aromatic N) is 1. The number of hydrogen-bond acceptors (Lipinski definition) is 3. The lowest BCUT2D eigenvalue weighted by atomic mass is 10.5. The van der Waals surface area contributed by atoms with Crippen molar-refractivity contribution in [1.82, 2.24) is 0 Å². The van der Waals surface area contributed by atoms with E-state index in [-0.39, 0.29) is 12.3 Å². The highest BCUT2D eigenvalue weighted by Gasteiger charge is 1.91. The Balaban J connectivity index is 4.03. The molecule has 4 heteroatoms. The summed E-state index contributed by atoms with van der Waals surface area (Å²) in [5, 5.41) is 0. The Hall–Kier alpha value is -0.380. The predicted molar refractivity (Wildman–Crippen MR) is 38.0 cm³/mol. The first kappa shape index (κ1) is 8.62. The molecule has 9 heavy (non-hydrogen) atoms. The Morgan fingerprint density at radius 3 is 2.11 bits per heavy atom. The summed E-state index contributed by atoms with van der Waals surface area (Å²) in [6.45, 7) is 1.50. The normalized spacial score (nSPS) is 11.0. The van der Waals surface area contributed by atoms with E-state index in [4.69, 9.17) is 0 Å². The lowest BCUT2D eigenvalue weighted by Crippen LogP contribution is -1.99. The summed E-state index contributed by atoms with van der Waals surface area (Å²) < 4.78 is 14.4. The van der Waals surface area contributed by atoms with Crippen LogP contribution < -0.4 is 0 Å². The number of hydrogen-bond donors (Lipinski definition) is 0. The molecule has 0 N–H and O–H groups in total. The van der Waals surface area contributed by atoms with E-state index in [9.17, 15) is 9.00 Å². The zero-order valence-corrected chi connectivity index (χ0v) is 6.70. The van der Waals surface area contributed by atoms with E-state index in [1.165, 1.54) is 19.4 Å². The number of rotatable bonds is 2. The molecule has 0 aliphatic carbocycles. The molecule has 0 unspecified atom stereocenters. The van der Waals surface area contributed by atoms with Crippen molar-refractivity contribution in [2.45, 2.75) is 6.92 Å². The van der Waals surface area contributed by atoms with Gasteiger partial charge in [0.15, 0.2) is 5.78 Å². The standard InChI is InChI=1S/C5H11NO2S/c1-5(7)4-6-9(2,3)8/h4H2,1-3H3. The van der Waals surface area contributed by atoms with Gasteiger partial charge in [-0.15, -0.1) is 0 Å². The van der Waals surface area contributed by atoms with Gasteiger partial charge in [0.2, 0.25) is 0 Å². The fourth-order valence-corrected chi connectivity index (χ4v) is 0.739. The van der Waals surface area contributed by atoms with Gasteiger partial charge in [-0.05, 0) is 6.92 Å². The minimum atomic E-state index is -2.07. The van der Waals surface area contributed by atoms with Crippen LogP contribution in [0.4, 0.5) is 0 Å². The van der Waals surface area contributed by atoms with E-state index in [2.05, 4.69) is 4.36 Å². The number of Topliss-reactive ketones (excluding diaryl/α,β-unsaturated/α-hetero) is 1. The van der Waals surface area contributed by atoms with Crippen LogP contribution in [0.1, 0.15) is 6.92 Å². The van der Waals surface area contributed by atoms with Gasteiger partial charge in [-0.25, -0.2) is 4.36 Å². The van der Waals surface area contributed by atoms with E-state index in [1.54, 1.807) is 0 Å². The van der Waals surface area contributed by atoms with Gasteiger partial charge < -0.3 is 0 Å². The topological polar surface area (TPSA) is 46.5 Å². The average molecular weight is 149 g/mol.